The molecule has 0 radical (unpaired) electrons. The Labute approximate surface area is 115 Å². The van der Waals surface area contributed by atoms with Crippen molar-refractivity contribution in [1.82, 2.24) is 4.31 Å². The fourth-order valence-corrected chi connectivity index (χ4v) is 3.52. The van der Waals surface area contributed by atoms with Crippen molar-refractivity contribution < 1.29 is 8.42 Å². The molecule has 1 rings (SSSR count). The summed E-state index contributed by atoms with van der Waals surface area (Å²) in [6.07, 6.45) is 0.782. The highest BCUT2D eigenvalue weighted by Gasteiger charge is 2.27. The van der Waals surface area contributed by atoms with Crippen LogP contribution in [0.4, 0.5) is 0 Å². The molecule has 0 aliphatic heterocycles. The minimum atomic E-state index is -3.62. The second-order valence-corrected chi connectivity index (χ2v) is 7.07. The second kappa shape index (κ2) is 6.18. The summed E-state index contributed by atoms with van der Waals surface area (Å²) < 4.78 is 26.4. The third-order valence-electron chi connectivity index (χ3n) is 3.10. The summed E-state index contributed by atoms with van der Waals surface area (Å²) in [5.41, 5.74) is 0.186. The third kappa shape index (κ3) is 3.55. The first-order chi connectivity index (χ1) is 8.80. The Balaban J connectivity index is 3.14. The first-order valence-electron chi connectivity index (χ1n) is 6.27. The van der Waals surface area contributed by atoms with Crippen LogP contribution in [0, 0.1) is 17.2 Å². The zero-order chi connectivity index (χ0) is 14.6. The second-order valence-electron chi connectivity index (χ2n) is 5.11. The topological polar surface area (TPSA) is 61.2 Å². The Morgan fingerprint density at radius 1 is 1.26 bits per heavy atom. The van der Waals surface area contributed by atoms with Crippen molar-refractivity contribution in [2.24, 2.45) is 5.92 Å². The molecule has 4 nitrogen and oxygen atoms in total. The van der Waals surface area contributed by atoms with Gasteiger partial charge in [0.2, 0.25) is 10.0 Å². The number of nitrogens with zero attached hydrogens (tertiary/aromatic N) is 2. The lowest BCUT2D eigenvalue weighted by Gasteiger charge is -2.26. The molecule has 1 unspecified atom stereocenters. The molecular formula is C14H20N2O2S. The molecule has 1 aromatic rings. The SMILES string of the molecule is CC(C)CC(C)N(C)S(=O)(=O)c1ccccc1C#N. The maximum atomic E-state index is 12.5. The summed E-state index contributed by atoms with van der Waals surface area (Å²) in [4.78, 5) is 0.0793. The minimum absolute atomic E-state index is 0.0793. The van der Waals surface area contributed by atoms with Crippen LogP contribution < -0.4 is 0 Å². The molecule has 1 atom stereocenters. The molecule has 0 heterocycles. The molecule has 0 aromatic heterocycles. The molecule has 0 saturated carbocycles. The first kappa shape index (κ1) is 15.7. The van der Waals surface area contributed by atoms with Crippen molar-refractivity contribution >= 4 is 10.0 Å². The summed E-state index contributed by atoms with van der Waals surface area (Å²) in [6.45, 7) is 5.99. The van der Waals surface area contributed by atoms with Crippen LogP contribution in [0.5, 0.6) is 0 Å². The Bertz CT molecular complexity index is 573. The molecule has 0 amide bonds. The summed E-state index contributed by atoms with van der Waals surface area (Å²) in [5, 5.41) is 9.01. The smallest absolute Gasteiger partial charge is 0.207 e. The minimum Gasteiger partial charge on any atom is -0.207 e. The lowest BCUT2D eigenvalue weighted by molar-refractivity contribution is 0.338. The van der Waals surface area contributed by atoms with E-state index >= 15 is 0 Å². The maximum absolute atomic E-state index is 12.5. The molecule has 0 aliphatic rings. The van der Waals surface area contributed by atoms with Gasteiger partial charge in [0, 0.05) is 13.1 Å². The number of benzene rings is 1. The van der Waals surface area contributed by atoms with Crippen LogP contribution >= 0.6 is 0 Å². The van der Waals surface area contributed by atoms with Crippen LogP contribution in [-0.4, -0.2) is 25.8 Å². The lowest BCUT2D eigenvalue weighted by atomic mass is 10.1. The molecule has 0 N–H and O–H groups in total. The van der Waals surface area contributed by atoms with Gasteiger partial charge in [-0.1, -0.05) is 26.0 Å². The summed E-state index contributed by atoms with van der Waals surface area (Å²) in [5.74, 6) is 0.416. The average Bonchev–Trinajstić information content (AvgIpc) is 2.36. The predicted octanol–water partition coefficient (Wildman–Crippen LogP) is 2.61. The Morgan fingerprint density at radius 3 is 2.37 bits per heavy atom. The molecule has 0 fully saturated rings. The highest BCUT2D eigenvalue weighted by atomic mass is 32.2. The van der Waals surface area contributed by atoms with Crippen molar-refractivity contribution in [1.29, 1.82) is 5.26 Å². The van der Waals surface area contributed by atoms with Gasteiger partial charge in [0.05, 0.1) is 10.5 Å². The van der Waals surface area contributed by atoms with Crippen molar-refractivity contribution in [3.8, 4) is 6.07 Å². The summed E-state index contributed by atoms with van der Waals surface area (Å²) in [7, 11) is -2.05. The van der Waals surface area contributed by atoms with E-state index in [1.807, 2.05) is 13.0 Å². The fourth-order valence-electron chi connectivity index (χ4n) is 2.01. The molecule has 19 heavy (non-hydrogen) atoms. The van der Waals surface area contributed by atoms with E-state index in [9.17, 15) is 8.42 Å². The van der Waals surface area contributed by atoms with E-state index in [1.165, 1.54) is 16.4 Å². The van der Waals surface area contributed by atoms with Crippen LogP contribution in [-0.2, 0) is 10.0 Å². The van der Waals surface area contributed by atoms with Crippen LogP contribution in [0.3, 0.4) is 0 Å². The van der Waals surface area contributed by atoms with Crippen molar-refractivity contribution in [2.75, 3.05) is 7.05 Å². The van der Waals surface area contributed by atoms with E-state index in [0.717, 1.165) is 6.42 Å². The molecule has 5 heteroatoms. The maximum Gasteiger partial charge on any atom is 0.244 e. The van der Waals surface area contributed by atoms with Gasteiger partial charge >= 0.3 is 0 Å². The van der Waals surface area contributed by atoms with Gasteiger partial charge in [-0.2, -0.15) is 9.57 Å². The Morgan fingerprint density at radius 2 is 1.84 bits per heavy atom. The first-order valence-corrected chi connectivity index (χ1v) is 7.72. The van der Waals surface area contributed by atoms with Crippen LogP contribution in [0.15, 0.2) is 29.2 Å². The molecule has 0 bridgehead atoms. The molecule has 0 aliphatic carbocycles. The highest BCUT2D eigenvalue weighted by molar-refractivity contribution is 7.89. The van der Waals surface area contributed by atoms with Gasteiger partial charge in [-0.05, 0) is 31.4 Å². The zero-order valence-electron chi connectivity index (χ0n) is 11.8. The van der Waals surface area contributed by atoms with Gasteiger partial charge in [0.1, 0.15) is 6.07 Å². The molecule has 1 aromatic carbocycles. The number of nitriles is 1. The van der Waals surface area contributed by atoms with E-state index in [-0.39, 0.29) is 16.5 Å². The molecule has 0 saturated heterocycles. The van der Waals surface area contributed by atoms with Crippen molar-refractivity contribution in [2.45, 2.75) is 38.1 Å². The number of sulfonamides is 1. The van der Waals surface area contributed by atoms with E-state index in [2.05, 4.69) is 13.8 Å². The van der Waals surface area contributed by atoms with Gasteiger partial charge < -0.3 is 0 Å². The predicted molar refractivity (Wildman–Crippen MR) is 75.0 cm³/mol. The average molecular weight is 280 g/mol. The van der Waals surface area contributed by atoms with Gasteiger partial charge in [-0.3, -0.25) is 0 Å². The monoisotopic (exact) mass is 280 g/mol. The van der Waals surface area contributed by atoms with Gasteiger partial charge in [-0.15, -0.1) is 0 Å². The molecular weight excluding hydrogens is 260 g/mol. The van der Waals surface area contributed by atoms with Gasteiger partial charge in [0.25, 0.3) is 0 Å². The van der Waals surface area contributed by atoms with Crippen LogP contribution in [0.25, 0.3) is 0 Å². The quantitative estimate of drug-likeness (QED) is 0.833. The third-order valence-corrected chi connectivity index (χ3v) is 5.13. The standard InChI is InChI=1S/C14H20N2O2S/c1-11(2)9-12(3)16(4)19(17,18)14-8-6-5-7-13(14)10-15/h5-8,11-12H,9H2,1-4H3. The summed E-state index contributed by atoms with van der Waals surface area (Å²) in [6, 6.07) is 8.13. The fraction of sp³-hybridized carbons (Fsp3) is 0.500. The van der Waals surface area contributed by atoms with Crippen LogP contribution in [0.2, 0.25) is 0 Å². The van der Waals surface area contributed by atoms with E-state index in [4.69, 9.17) is 5.26 Å². The number of hydrogen-bond donors (Lipinski definition) is 0. The summed E-state index contributed by atoms with van der Waals surface area (Å²) >= 11 is 0. The zero-order valence-corrected chi connectivity index (χ0v) is 12.6. The number of hydrogen-bond acceptors (Lipinski definition) is 3. The Hall–Kier alpha value is -1.38. The van der Waals surface area contributed by atoms with E-state index < -0.39 is 10.0 Å². The van der Waals surface area contributed by atoms with Gasteiger partial charge in [0.15, 0.2) is 0 Å². The van der Waals surface area contributed by atoms with Crippen molar-refractivity contribution in [3.63, 3.8) is 0 Å². The largest absolute Gasteiger partial charge is 0.244 e. The lowest BCUT2D eigenvalue weighted by Crippen LogP contribution is -2.36. The van der Waals surface area contributed by atoms with E-state index in [1.54, 1.807) is 19.2 Å². The normalized spacial score (nSPS) is 13.5. The van der Waals surface area contributed by atoms with Crippen LogP contribution in [0.1, 0.15) is 32.8 Å². The molecule has 0 spiro atoms. The highest BCUT2D eigenvalue weighted by Crippen LogP contribution is 2.22. The number of rotatable bonds is 5. The van der Waals surface area contributed by atoms with Gasteiger partial charge in [-0.25, -0.2) is 8.42 Å². The Kier molecular flexibility index (Phi) is 5.10. The molecule has 104 valence electrons. The van der Waals surface area contributed by atoms with Crippen molar-refractivity contribution in [3.05, 3.63) is 29.8 Å². The van der Waals surface area contributed by atoms with E-state index in [0.29, 0.717) is 5.92 Å².